The summed E-state index contributed by atoms with van der Waals surface area (Å²) in [7, 11) is -0.259. The molecule has 2 aliphatic carbocycles. The Bertz CT molecular complexity index is 1280. The molecular weight excluding hydrogens is 566 g/mol. The van der Waals surface area contributed by atoms with Crippen molar-refractivity contribution in [1.82, 2.24) is 10.2 Å². The standard InChI is InChI=1S/C32H46ClN5O3Si/c1-32(2,3)42(5,6)41-26-18-24(16-23(26)20-40-19-21-12-8-7-9-13-21)35-31-37-29(33)36-30(34)38(31)28-25-15-11-10-14-22(25)17-27(28)39-4/h7-15,23-24,26-28,30H,16-20,34H2,1-6H3,(H,35,36,37)/t23-,24+,26-,27-,28+,30?/m0/s1. The van der Waals surface area contributed by atoms with Crippen molar-refractivity contribution in [3.8, 4) is 0 Å². The molecule has 0 amide bonds. The first-order chi connectivity index (χ1) is 20.0. The normalized spacial score (nSPS) is 28.0. The monoisotopic (exact) mass is 611 g/mol. The number of amidine groups is 1. The predicted octanol–water partition coefficient (Wildman–Crippen LogP) is 5.78. The fourth-order valence-corrected chi connectivity index (χ4v) is 7.70. The van der Waals surface area contributed by atoms with Crippen molar-refractivity contribution in [2.45, 2.75) is 95.4 Å². The van der Waals surface area contributed by atoms with Crippen LogP contribution in [-0.2, 0) is 26.9 Å². The summed E-state index contributed by atoms with van der Waals surface area (Å²) >= 11 is 6.40. The number of fused-ring (bicyclic) bond motifs is 1. The van der Waals surface area contributed by atoms with Gasteiger partial charge in [0.05, 0.1) is 31.5 Å². The minimum absolute atomic E-state index is 0.0774. The number of hydrogen-bond acceptors (Lipinski definition) is 8. The van der Waals surface area contributed by atoms with Gasteiger partial charge < -0.3 is 19.2 Å². The van der Waals surface area contributed by atoms with E-state index in [2.05, 4.69) is 85.6 Å². The van der Waals surface area contributed by atoms with E-state index in [4.69, 9.17) is 31.2 Å². The third-order valence-electron chi connectivity index (χ3n) is 9.37. The number of hydrogen-bond donors (Lipinski definition) is 2. The fourth-order valence-electron chi connectivity index (χ4n) is 6.12. The molecular formula is C32H46ClN5O3Si. The van der Waals surface area contributed by atoms with Crippen molar-refractivity contribution < 1.29 is 13.9 Å². The second-order valence-corrected chi connectivity index (χ2v) is 18.4. The van der Waals surface area contributed by atoms with Crippen LogP contribution in [0.2, 0.25) is 18.1 Å². The Hall–Kier alpha value is -2.27. The molecule has 0 spiro atoms. The van der Waals surface area contributed by atoms with Gasteiger partial charge in [0.2, 0.25) is 11.3 Å². The first-order valence-corrected chi connectivity index (χ1v) is 18.3. The van der Waals surface area contributed by atoms with E-state index in [1.54, 1.807) is 7.11 Å². The summed E-state index contributed by atoms with van der Waals surface area (Å²) in [6.07, 6.45) is 1.85. The van der Waals surface area contributed by atoms with Crippen LogP contribution in [0.5, 0.6) is 0 Å². The number of nitrogens with two attached hydrogens (primary N) is 1. The van der Waals surface area contributed by atoms with Crippen molar-refractivity contribution >= 4 is 31.2 Å². The topological polar surface area (TPSA) is 93.7 Å². The fraction of sp³-hybridized carbons (Fsp3) is 0.562. The number of ether oxygens (including phenoxy) is 2. The van der Waals surface area contributed by atoms with Crippen LogP contribution in [0.4, 0.5) is 0 Å². The molecule has 6 atom stereocenters. The van der Waals surface area contributed by atoms with Gasteiger partial charge in [0.1, 0.15) is 0 Å². The Labute approximate surface area is 256 Å². The first-order valence-electron chi connectivity index (χ1n) is 15.0. The molecule has 228 valence electrons. The van der Waals surface area contributed by atoms with Gasteiger partial charge in [0, 0.05) is 25.5 Å². The zero-order valence-corrected chi connectivity index (χ0v) is 27.5. The highest BCUT2D eigenvalue weighted by Crippen LogP contribution is 2.42. The highest BCUT2D eigenvalue weighted by atomic mass is 35.5. The van der Waals surface area contributed by atoms with Crippen LogP contribution in [0.15, 0.2) is 64.6 Å². The number of aliphatic imine (C=N–C) groups is 2. The molecule has 8 nitrogen and oxygen atoms in total. The zero-order chi connectivity index (χ0) is 30.1. The number of nitrogens with zero attached hydrogens (tertiary/aromatic N) is 3. The third kappa shape index (κ3) is 6.77. The maximum absolute atomic E-state index is 7.02. The molecule has 2 aromatic carbocycles. The molecule has 0 aromatic heterocycles. The van der Waals surface area contributed by atoms with Crippen molar-refractivity contribution in [2.75, 3.05) is 13.7 Å². The average molecular weight is 612 g/mol. The lowest BCUT2D eigenvalue weighted by molar-refractivity contribution is 0.0360. The zero-order valence-electron chi connectivity index (χ0n) is 25.7. The van der Waals surface area contributed by atoms with Crippen molar-refractivity contribution in [3.63, 3.8) is 0 Å². The second-order valence-electron chi connectivity index (χ2n) is 13.3. The van der Waals surface area contributed by atoms with Gasteiger partial charge in [-0.05, 0) is 59.3 Å². The minimum Gasteiger partial charge on any atom is -0.413 e. The molecule has 42 heavy (non-hydrogen) atoms. The maximum Gasteiger partial charge on any atom is 0.224 e. The Morgan fingerprint density at radius 1 is 1.05 bits per heavy atom. The Balaban J connectivity index is 1.36. The molecule has 10 heteroatoms. The van der Waals surface area contributed by atoms with E-state index in [0.29, 0.717) is 19.2 Å². The van der Waals surface area contributed by atoms with Gasteiger partial charge in [-0.3, -0.25) is 10.6 Å². The Morgan fingerprint density at radius 3 is 2.48 bits per heavy atom. The number of benzene rings is 2. The van der Waals surface area contributed by atoms with E-state index >= 15 is 0 Å². The molecule has 1 saturated carbocycles. The summed E-state index contributed by atoms with van der Waals surface area (Å²) < 4.78 is 19.2. The van der Waals surface area contributed by atoms with Gasteiger partial charge in [-0.2, -0.15) is 4.99 Å². The predicted molar refractivity (Wildman–Crippen MR) is 172 cm³/mol. The molecule has 5 rings (SSSR count). The number of nitrogens with one attached hydrogen (secondary N) is 1. The summed E-state index contributed by atoms with van der Waals surface area (Å²) in [6, 6.07) is 18.7. The summed E-state index contributed by atoms with van der Waals surface area (Å²) in [5.41, 5.74) is 10.2. The first kappa shape index (κ1) is 31.2. The summed E-state index contributed by atoms with van der Waals surface area (Å²) in [5, 5.41) is 3.99. The number of guanidine groups is 1. The quantitative estimate of drug-likeness (QED) is 0.276. The molecule has 3 aliphatic rings. The van der Waals surface area contributed by atoms with Crippen molar-refractivity contribution in [2.24, 2.45) is 21.6 Å². The molecule has 1 heterocycles. The van der Waals surface area contributed by atoms with Crippen LogP contribution in [-0.4, -0.2) is 62.7 Å². The van der Waals surface area contributed by atoms with E-state index in [9.17, 15) is 0 Å². The van der Waals surface area contributed by atoms with Gasteiger partial charge in [-0.25, -0.2) is 4.99 Å². The van der Waals surface area contributed by atoms with Crippen molar-refractivity contribution in [1.29, 1.82) is 0 Å². The number of halogens is 1. The van der Waals surface area contributed by atoms with Crippen LogP contribution in [0.1, 0.15) is 56.3 Å². The molecule has 0 radical (unpaired) electrons. The van der Waals surface area contributed by atoms with E-state index in [0.717, 1.165) is 19.3 Å². The molecule has 2 aromatic rings. The second kappa shape index (κ2) is 12.8. The van der Waals surface area contributed by atoms with E-state index in [1.165, 1.54) is 16.7 Å². The molecule has 3 N–H and O–H groups in total. The number of methoxy groups -OCH3 is 1. The molecule has 1 unspecified atom stereocenters. The molecule has 0 bridgehead atoms. The third-order valence-corrected chi connectivity index (χ3v) is 14.1. The van der Waals surface area contributed by atoms with Gasteiger partial charge >= 0.3 is 0 Å². The van der Waals surface area contributed by atoms with Crippen LogP contribution < -0.4 is 11.1 Å². The largest absolute Gasteiger partial charge is 0.413 e. The maximum atomic E-state index is 7.02. The van der Waals surface area contributed by atoms with Crippen LogP contribution in [0, 0.1) is 5.92 Å². The molecule has 0 saturated heterocycles. The average Bonchev–Trinajstić information content (AvgIpc) is 3.48. The highest BCUT2D eigenvalue weighted by molar-refractivity contribution is 6.74. The lowest BCUT2D eigenvalue weighted by Gasteiger charge is -2.40. The van der Waals surface area contributed by atoms with Crippen molar-refractivity contribution in [3.05, 3.63) is 71.3 Å². The van der Waals surface area contributed by atoms with E-state index < -0.39 is 14.6 Å². The van der Waals surface area contributed by atoms with Gasteiger partial charge in [0.15, 0.2) is 14.6 Å². The van der Waals surface area contributed by atoms with E-state index in [-0.39, 0.29) is 40.5 Å². The highest BCUT2D eigenvalue weighted by Gasteiger charge is 2.46. The smallest absolute Gasteiger partial charge is 0.224 e. The van der Waals surface area contributed by atoms with Gasteiger partial charge in [-0.15, -0.1) is 0 Å². The van der Waals surface area contributed by atoms with Gasteiger partial charge in [0.25, 0.3) is 0 Å². The lowest BCUT2D eigenvalue weighted by Crippen LogP contribution is -2.57. The number of rotatable bonds is 9. The SMILES string of the molecule is CO[C@H]1Cc2ccccc2[C@H]1N1C(N[C@@H]2C[C@@H](COCc3ccccc3)[C@@H](O[Si](C)(C)C(C)(C)C)C2)=NC(Cl)=NC1N. The van der Waals surface area contributed by atoms with Crippen LogP contribution >= 0.6 is 11.6 Å². The lowest BCUT2D eigenvalue weighted by atomic mass is 10.1. The van der Waals surface area contributed by atoms with Crippen LogP contribution in [0.25, 0.3) is 0 Å². The summed E-state index contributed by atoms with van der Waals surface area (Å²) in [5.74, 6) is 0.878. The summed E-state index contributed by atoms with van der Waals surface area (Å²) in [4.78, 5) is 11.1. The summed E-state index contributed by atoms with van der Waals surface area (Å²) in [6.45, 7) is 12.7. The molecule has 1 aliphatic heterocycles. The van der Waals surface area contributed by atoms with Gasteiger partial charge in [-0.1, -0.05) is 75.4 Å². The van der Waals surface area contributed by atoms with Crippen LogP contribution in [0.3, 0.4) is 0 Å². The Kier molecular flexibility index (Phi) is 9.47. The van der Waals surface area contributed by atoms with E-state index in [1.807, 2.05) is 23.1 Å². The molecule has 1 fully saturated rings. The Morgan fingerprint density at radius 2 is 1.76 bits per heavy atom. The minimum atomic E-state index is -2.01.